The molecule has 0 spiro atoms. The van der Waals surface area contributed by atoms with Crippen molar-refractivity contribution >= 4 is 39.1 Å². The van der Waals surface area contributed by atoms with Crippen LogP contribution in [0.2, 0.25) is 0 Å². The molecule has 2 amide bonds. The molecule has 1 unspecified atom stereocenters. The van der Waals surface area contributed by atoms with Crippen molar-refractivity contribution in [3.05, 3.63) is 76.6 Å². The summed E-state index contributed by atoms with van der Waals surface area (Å²) in [7, 11) is 3.42. The first-order valence-corrected chi connectivity index (χ1v) is 12.5. The fourth-order valence-electron chi connectivity index (χ4n) is 4.63. The Morgan fingerprint density at radius 2 is 1.97 bits per heavy atom. The van der Waals surface area contributed by atoms with E-state index in [9.17, 15) is 9.59 Å². The highest BCUT2D eigenvalue weighted by Crippen LogP contribution is 2.37. The lowest BCUT2D eigenvalue weighted by molar-refractivity contribution is 0.0605. The minimum Gasteiger partial charge on any atom is -0.397 e. The molecule has 4 aromatic rings. The predicted octanol–water partition coefficient (Wildman–Crippen LogP) is 4.19. The van der Waals surface area contributed by atoms with Crippen molar-refractivity contribution in [2.75, 3.05) is 26.4 Å². The number of amides is 2. The summed E-state index contributed by atoms with van der Waals surface area (Å²) in [5, 5.41) is 5.07. The number of piperidine rings is 1. The third kappa shape index (κ3) is 4.39. The van der Waals surface area contributed by atoms with E-state index in [0.717, 1.165) is 40.7 Å². The molecule has 1 aliphatic heterocycles. The first kappa shape index (κ1) is 23.0. The summed E-state index contributed by atoms with van der Waals surface area (Å²) >= 11 is 1.31. The number of hydrogen-bond acceptors (Lipinski definition) is 6. The van der Waals surface area contributed by atoms with Gasteiger partial charge in [-0.15, -0.1) is 11.3 Å². The molecule has 9 heteroatoms. The molecular weight excluding hydrogens is 460 g/mol. The Labute approximate surface area is 208 Å². The maximum Gasteiger partial charge on any atom is 0.265 e. The number of nitrogen functional groups attached to an aromatic ring is 1. The monoisotopic (exact) mass is 488 g/mol. The zero-order valence-electron chi connectivity index (χ0n) is 19.8. The van der Waals surface area contributed by atoms with Gasteiger partial charge in [0, 0.05) is 44.0 Å². The van der Waals surface area contributed by atoms with Crippen LogP contribution in [0.5, 0.6) is 0 Å². The van der Waals surface area contributed by atoms with Crippen molar-refractivity contribution in [3.63, 3.8) is 0 Å². The van der Waals surface area contributed by atoms with Crippen molar-refractivity contribution in [3.8, 4) is 0 Å². The van der Waals surface area contributed by atoms with Crippen LogP contribution in [0.15, 0.2) is 54.9 Å². The van der Waals surface area contributed by atoms with Gasteiger partial charge in [0.25, 0.3) is 11.8 Å². The molecule has 1 aromatic carbocycles. The van der Waals surface area contributed by atoms with Crippen molar-refractivity contribution < 1.29 is 9.59 Å². The van der Waals surface area contributed by atoms with Gasteiger partial charge < -0.3 is 15.5 Å². The molecule has 2 N–H and O–H groups in total. The molecule has 0 bridgehead atoms. The predicted molar refractivity (Wildman–Crippen MR) is 137 cm³/mol. The van der Waals surface area contributed by atoms with E-state index in [1.807, 2.05) is 58.2 Å². The van der Waals surface area contributed by atoms with Crippen molar-refractivity contribution in [1.29, 1.82) is 0 Å². The van der Waals surface area contributed by atoms with Gasteiger partial charge in [0.15, 0.2) is 0 Å². The van der Waals surface area contributed by atoms with Gasteiger partial charge in [0.2, 0.25) is 0 Å². The van der Waals surface area contributed by atoms with Gasteiger partial charge in [-0.3, -0.25) is 14.3 Å². The maximum atomic E-state index is 13.8. The van der Waals surface area contributed by atoms with E-state index < -0.39 is 0 Å². The Hall–Kier alpha value is -3.72. The minimum absolute atomic E-state index is 0.00789. The minimum atomic E-state index is -0.130. The highest BCUT2D eigenvalue weighted by Gasteiger charge is 2.31. The average Bonchev–Trinajstić information content (AvgIpc) is 3.51. The van der Waals surface area contributed by atoms with E-state index in [-0.39, 0.29) is 17.9 Å². The molecule has 0 aliphatic carbocycles. The van der Waals surface area contributed by atoms with Crippen molar-refractivity contribution in [2.45, 2.75) is 31.8 Å². The van der Waals surface area contributed by atoms with Gasteiger partial charge in [-0.05, 0) is 49.1 Å². The molecule has 1 fully saturated rings. The fraction of sp³-hybridized carbons (Fsp3) is 0.308. The summed E-state index contributed by atoms with van der Waals surface area (Å²) < 4.78 is 1.82. The number of rotatable bonds is 5. The smallest absolute Gasteiger partial charge is 0.265 e. The van der Waals surface area contributed by atoms with Crippen molar-refractivity contribution in [1.82, 2.24) is 24.6 Å². The SMILES string of the molecule is CN(C)C(=O)c1sc2nc(C3CCCCN3C(=O)c3ccccc3Cn3cccn3)ccc2c1N. The number of carbonyl (C=O) groups is 2. The van der Waals surface area contributed by atoms with Crippen LogP contribution >= 0.6 is 11.3 Å². The standard InChI is InChI=1S/C26H28N6O2S/c1-30(2)26(34)23-22(27)19-11-12-20(29-24(19)35-23)21-10-5-6-15-32(21)25(33)18-9-4-3-8-17(18)16-31-14-7-13-28-31/h3-4,7-9,11-14,21H,5-6,10,15-16,27H2,1-2H3. The van der Waals surface area contributed by atoms with E-state index in [0.29, 0.717) is 29.2 Å². The summed E-state index contributed by atoms with van der Waals surface area (Å²) in [6.07, 6.45) is 6.46. The van der Waals surface area contributed by atoms with Gasteiger partial charge in [-0.2, -0.15) is 5.10 Å². The number of carbonyl (C=O) groups excluding carboxylic acids is 2. The molecule has 1 aliphatic rings. The van der Waals surface area contributed by atoms with Crippen molar-refractivity contribution in [2.24, 2.45) is 0 Å². The highest BCUT2D eigenvalue weighted by molar-refractivity contribution is 7.21. The maximum absolute atomic E-state index is 13.8. The number of aromatic nitrogens is 3. The van der Waals surface area contributed by atoms with Crippen LogP contribution in [0.4, 0.5) is 5.69 Å². The zero-order chi connectivity index (χ0) is 24.5. The van der Waals surface area contributed by atoms with E-state index in [1.165, 1.54) is 16.2 Å². The Balaban J connectivity index is 1.48. The first-order chi connectivity index (χ1) is 16.9. The summed E-state index contributed by atoms with van der Waals surface area (Å²) in [5.41, 5.74) is 9.21. The second-order valence-electron chi connectivity index (χ2n) is 9.00. The molecule has 180 valence electrons. The van der Waals surface area contributed by atoms with Gasteiger partial charge in [-0.25, -0.2) is 4.98 Å². The van der Waals surface area contributed by atoms with Crippen LogP contribution < -0.4 is 5.73 Å². The molecule has 1 atom stereocenters. The van der Waals surface area contributed by atoms with E-state index >= 15 is 0 Å². The number of nitrogens with two attached hydrogens (primary N) is 1. The summed E-state index contributed by atoms with van der Waals surface area (Å²) in [4.78, 5) is 35.9. The van der Waals surface area contributed by atoms with E-state index in [2.05, 4.69) is 5.10 Å². The zero-order valence-corrected chi connectivity index (χ0v) is 20.7. The molecule has 3 aromatic heterocycles. The number of likely N-dealkylation sites (tertiary alicyclic amines) is 1. The van der Waals surface area contributed by atoms with Crippen LogP contribution in [0.25, 0.3) is 10.2 Å². The Morgan fingerprint density at radius 3 is 2.74 bits per heavy atom. The van der Waals surface area contributed by atoms with Crippen LogP contribution in [0.1, 0.15) is 56.6 Å². The molecule has 0 saturated carbocycles. The number of hydrogen-bond donors (Lipinski definition) is 1. The lowest BCUT2D eigenvalue weighted by Crippen LogP contribution is -2.39. The number of thiophene rings is 1. The molecule has 35 heavy (non-hydrogen) atoms. The number of anilines is 1. The van der Waals surface area contributed by atoms with Gasteiger partial charge in [0.05, 0.1) is 24.0 Å². The van der Waals surface area contributed by atoms with Crippen LogP contribution in [0, 0.1) is 0 Å². The van der Waals surface area contributed by atoms with Crippen LogP contribution in [-0.4, -0.2) is 57.0 Å². The molecule has 0 radical (unpaired) electrons. The van der Waals surface area contributed by atoms with Crippen LogP contribution in [0.3, 0.4) is 0 Å². The number of benzene rings is 1. The fourth-order valence-corrected chi connectivity index (χ4v) is 5.75. The highest BCUT2D eigenvalue weighted by atomic mass is 32.1. The Kier molecular flexibility index (Phi) is 6.25. The quantitative estimate of drug-likeness (QED) is 0.454. The average molecular weight is 489 g/mol. The second kappa shape index (κ2) is 9.50. The molecule has 4 heterocycles. The van der Waals surface area contributed by atoms with E-state index in [1.54, 1.807) is 20.3 Å². The Morgan fingerprint density at radius 1 is 1.14 bits per heavy atom. The van der Waals surface area contributed by atoms with Crippen LogP contribution in [-0.2, 0) is 6.54 Å². The van der Waals surface area contributed by atoms with Gasteiger partial charge in [-0.1, -0.05) is 18.2 Å². The third-order valence-electron chi connectivity index (χ3n) is 6.46. The van der Waals surface area contributed by atoms with E-state index in [4.69, 9.17) is 10.7 Å². The summed E-state index contributed by atoms with van der Waals surface area (Å²) in [5.74, 6) is -0.121. The van der Waals surface area contributed by atoms with Gasteiger partial charge in [0.1, 0.15) is 9.71 Å². The number of pyridine rings is 1. The summed E-state index contributed by atoms with van der Waals surface area (Å²) in [6.45, 7) is 1.21. The lowest BCUT2D eigenvalue weighted by Gasteiger charge is -2.36. The first-order valence-electron chi connectivity index (χ1n) is 11.7. The summed E-state index contributed by atoms with van der Waals surface area (Å²) in [6, 6.07) is 13.3. The topological polar surface area (TPSA) is 97.4 Å². The number of fused-ring (bicyclic) bond motifs is 1. The second-order valence-corrected chi connectivity index (χ2v) is 10.0. The molecular formula is C26H28N6O2S. The van der Waals surface area contributed by atoms with Gasteiger partial charge >= 0.3 is 0 Å². The Bertz CT molecular complexity index is 1380. The molecule has 8 nitrogen and oxygen atoms in total. The largest absolute Gasteiger partial charge is 0.397 e. The normalized spacial score (nSPS) is 15.9. The molecule has 1 saturated heterocycles. The lowest BCUT2D eigenvalue weighted by atomic mass is 9.96. The number of nitrogens with zero attached hydrogens (tertiary/aromatic N) is 5. The third-order valence-corrected chi connectivity index (χ3v) is 7.56. The molecule has 5 rings (SSSR count).